The number of aliphatic hydroxyl groups is 1. The van der Waals surface area contributed by atoms with Crippen LogP contribution in [0.4, 0.5) is 10.1 Å². The molecule has 0 bridgehead atoms. The Morgan fingerprint density at radius 2 is 1.83 bits per heavy atom. The van der Waals surface area contributed by atoms with E-state index in [1.807, 2.05) is 32.8 Å². The number of carbonyl (C=O) groups is 2. The summed E-state index contributed by atoms with van der Waals surface area (Å²) in [4.78, 5) is 32.4. The zero-order chi connectivity index (χ0) is 34.7. The standard InChI is InChI=1S/C34H51FN4O7S/c1-24-21-39(25(2)23-40)34(42)30-20-28(36-47(43,44)29-15-12-27(35)13-16-29)14-17-31(30)46-26(3)10-7-8-19-45-32(24)22-38(6)33(41)11-9-18-37(4)5/h12-17,20,24-26,32,36,40H,7-11,18-19,21-23H2,1-6H3/t24-,25+,26-,32+/m1/s1. The largest absolute Gasteiger partial charge is 0.490 e. The van der Waals surface area contributed by atoms with Crippen molar-refractivity contribution in [2.75, 3.05) is 58.7 Å². The number of aliphatic hydroxyl groups excluding tert-OH is 1. The third kappa shape index (κ3) is 11.4. The van der Waals surface area contributed by atoms with Crippen LogP contribution in [0.25, 0.3) is 0 Å². The summed E-state index contributed by atoms with van der Waals surface area (Å²) in [5.74, 6) is -0.925. The predicted octanol–water partition coefficient (Wildman–Crippen LogP) is 4.22. The van der Waals surface area contributed by atoms with Gasteiger partial charge < -0.3 is 29.3 Å². The molecule has 2 aromatic rings. The number of sulfonamides is 1. The van der Waals surface area contributed by atoms with Crippen LogP contribution in [0.3, 0.4) is 0 Å². The number of hydrogen-bond acceptors (Lipinski definition) is 8. The van der Waals surface area contributed by atoms with E-state index in [9.17, 15) is 27.5 Å². The highest BCUT2D eigenvalue weighted by molar-refractivity contribution is 7.92. The number of nitrogens with zero attached hydrogens (tertiary/aromatic N) is 3. The predicted molar refractivity (Wildman–Crippen MR) is 180 cm³/mol. The Kier molecular flexibility index (Phi) is 14.4. The van der Waals surface area contributed by atoms with Gasteiger partial charge in [-0.25, -0.2) is 12.8 Å². The summed E-state index contributed by atoms with van der Waals surface area (Å²) in [6, 6.07) is 8.34. The number of halogens is 1. The number of amides is 2. The lowest BCUT2D eigenvalue weighted by Gasteiger charge is -2.36. The maximum atomic E-state index is 14.3. The minimum atomic E-state index is -4.09. The number of rotatable bonds is 11. The SMILES string of the molecule is C[C@@H]1CCCCO[C@@H](CN(C)C(=O)CCCN(C)C)[C@H](C)CN([C@@H](C)CO)C(=O)c2cc(NS(=O)(=O)c3ccc(F)cc3)ccc2O1. The molecule has 47 heavy (non-hydrogen) atoms. The average Bonchev–Trinajstić information content (AvgIpc) is 3.02. The van der Waals surface area contributed by atoms with Gasteiger partial charge in [0.1, 0.15) is 11.6 Å². The molecule has 0 saturated carbocycles. The number of fused-ring (bicyclic) bond motifs is 1. The second-order valence-electron chi connectivity index (χ2n) is 12.8. The number of hydrogen-bond donors (Lipinski definition) is 2. The molecule has 0 spiro atoms. The van der Waals surface area contributed by atoms with Crippen molar-refractivity contribution in [3.8, 4) is 5.75 Å². The van der Waals surface area contributed by atoms with E-state index in [1.54, 1.807) is 24.9 Å². The van der Waals surface area contributed by atoms with E-state index < -0.39 is 27.8 Å². The Balaban J connectivity index is 1.93. The smallest absolute Gasteiger partial charge is 0.261 e. The summed E-state index contributed by atoms with van der Waals surface area (Å²) in [6.45, 7) is 7.14. The van der Waals surface area contributed by atoms with Gasteiger partial charge in [-0.15, -0.1) is 0 Å². The molecule has 3 rings (SSSR count). The van der Waals surface area contributed by atoms with E-state index in [0.717, 1.165) is 50.1 Å². The molecule has 13 heteroatoms. The molecule has 0 unspecified atom stereocenters. The monoisotopic (exact) mass is 678 g/mol. The van der Waals surface area contributed by atoms with Crippen molar-refractivity contribution in [2.24, 2.45) is 5.92 Å². The van der Waals surface area contributed by atoms with Crippen molar-refractivity contribution in [2.45, 2.75) is 76.0 Å². The molecule has 0 fully saturated rings. The van der Waals surface area contributed by atoms with Gasteiger partial charge >= 0.3 is 0 Å². The number of nitrogens with one attached hydrogen (secondary N) is 1. The van der Waals surface area contributed by atoms with Gasteiger partial charge in [-0.1, -0.05) is 6.92 Å². The summed E-state index contributed by atoms with van der Waals surface area (Å²) in [5.41, 5.74) is 0.255. The molecule has 0 aromatic heterocycles. The zero-order valence-corrected chi connectivity index (χ0v) is 29.3. The van der Waals surface area contributed by atoms with Crippen LogP contribution in [0.2, 0.25) is 0 Å². The van der Waals surface area contributed by atoms with Crippen molar-refractivity contribution in [3.63, 3.8) is 0 Å². The van der Waals surface area contributed by atoms with E-state index in [4.69, 9.17) is 9.47 Å². The lowest BCUT2D eigenvalue weighted by Crippen LogP contribution is -2.48. The molecule has 0 radical (unpaired) electrons. The highest BCUT2D eigenvalue weighted by Crippen LogP contribution is 2.29. The van der Waals surface area contributed by atoms with E-state index in [-0.39, 0.29) is 53.3 Å². The maximum Gasteiger partial charge on any atom is 0.261 e. The minimum absolute atomic E-state index is 0.0224. The quantitative estimate of drug-likeness (QED) is 0.362. The molecular formula is C34H51FN4O7S. The first-order chi connectivity index (χ1) is 22.2. The van der Waals surface area contributed by atoms with Crippen LogP contribution >= 0.6 is 0 Å². The molecule has 2 amide bonds. The Morgan fingerprint density at radius 3 is 2.49 bits per heavy atom. The third-order valence-corrected chi connectivity index (χ3v) is 9.70. The van der Waals surface area contributed by atoms with Crippen LogP contribution in [0.15, 0.2) is 47.4 Å². The summed E-state index contributed by atoms with van der Waals surface area (Å²) in [5, 5.41) is 10.2. The summed E-state index contributed by atoms with van der Waals surface area (Å²) in [7, 11) is 1.62. The van der Waals surface area contributed by atoms with Crippen LogP contribution < -0.4 is 9.46 Å². The van der Waals surface area contributed by atoms with Gasteiger partial charge in [0.15, 0.2) is 0 Å². The second-order valence-corrected chi connectivity index (χ2v) is 14.4. The van der Waals surface area contributed by atoms with E-state index in [2.05, 4.69) is 4.72 Å². The Hall–Kier alpha value is -3.26. The van der Waals surface area contributed by atoms with Crippen LogP contribution in [-0.4, -0.2) is 112 Å². The molecule has 0 saturated heterocycles. The van der Waals surface area contributed by atoms with Crippen molar-refractivity contribution in [1.82, 2.24) is 14.7 Å². The Labute approximate surface area is 279 Å². The third-order valence-electron chi connectivity index (χ3n) is 8.30. The van der Waals surface area contributed by atoms with Crippen molar-refractivity contribution in [1.29, 1.82) is 0 Å². The maximum absolute atomic E-state index is 14.3. The van der Waals surface area contributed by atoms with E-state index in [0.29, 0.717) is 31.7 Å². The second kappa shape index (κ2) is 17.8. The van der Waals surface area contributed by atoms with Gasteiger partial charge in [0, 0.05) is 44.8 Å². The molecule has 4 atom stereocenters. The molecule has 1 heterocycles. The molecule has 2 aromatic carbocycles. The summed E-state index contributed by atoms with van der Waals surface area (Å²) >= 11 is 0. The van der Waals surface area contributed by atoms with Crippen molar-refractivity contribution in [3.05, 3.63) is 53.8 Å². The molecular weight excluding hydrogens is 627 g/mol. The van der Waals surface area contributed by atoms with Crippen molar-refractivity contribution >= 4 is 27.5 Å². The van der Waals surface area contributed by atoms with Gasteiger partial charge in [-0.05, 0) is 103 Å². The Morgan fingerprint density at radius 1 is 1.13 bits per heavy atom. The first-order valence-electron chi connectivity index (χ1n) is 16.2. The van der Waals surface area contributed by atoms with Gasteiger partial charge in [-0.3, -0.25) is 14.3 Å². The molecule has 1 aliphatic rings. The number of carbonyl (C=O) groups excluding carboxylic acids is 2. The number of likely N-dealkylation sites (N-methyl/N-ethyl adjacent to an activating group) is 1. The van der Waals surface area contributed by atoms with Gasteiger partial charge in [0.05, 0.1) is 35.3 Å². The van der Waals surface area contributed by atoms with E-state index >= 15 is 0 Å². The molecule has 262 valence electrons. The molecule has 11 nitrogen and oxygen atoms in total. The molecule has 2 N–H and O–H groups in total. The zero-order valence-electron chi connectivity index (χ0n) is 28.4. The fourth-order valence-corrected chi connectivity index (χ4v) is 6.44. The number of benzene rings is 2. The highest BCUT2D eigenvalue weighted by Gasteiger charge is 2.31. The molecule has 0 aliphatic carbocycles. The minimum Gasteiger partial charge on any atom is -0.490 e. The summed E-state index contributed by atoms with van der Waals surface area (Å²) in [6.07, 6.45) is 2.83. The topological polar surface area (TPSA) is 129 Å². The van der Waals surface area contributed by atoms with Crippen LogP contribution in [-0.2, 0) is 19.6 Å². The Bertz CT molecular complexity index is 1420. The van der Waals surface area contributed by atoms with E-state index in [1.165, 1.54) is 17.0 Å². The van der Waals surface area contributed by atoms with Crippen LogP contribution in [0.5, 0.6) is 5.75 Å². The van der Waals surface area contributed by atoms with Gasteiger partial charge in [0.2, 0.25) is 5.91 Å². The number of anilines is 1. The lowest BCUT2D eigenvalue weighted by molar-refractivity contribution is -0.132. The highest BCUT2D eigenvalue weighted by atomic mass is 32.2. The number of ether oxygens (including phenoxy) is 2. The molecule has 1 aliphatic heterocycles. The summed E-state index contributed by atoms with van der Waals surface area (Å²) < 4.78 is 54.6. The average molecular weight is 679 g/mol. The first kappa shape index (κ1) is 38.2. The van der Waals surface area contributed by atoms with Crippen LogP contribution in [0, 0.1) is 11.7 Å². The van der Waals surface area contributed by atoms with Crippen LogP contribution in [0.1, 0.15) is 63.2 Å². The van der Waals surface area contributed by atoms with Crippen molar-refractivity contribution < 1.29 is 37.0 Å². The van der Waals surface area contributed by atoms with Gasteiger partial charge in [-0.2, -0.15) is 0 Å². The van der Waals surface area contributed by atoms with Gasteiger partial charge in [0.25, 0.3) is 15.9 Å². The fourth-order valence-electron chi connectivity index (χ4n) is 5.39. The lowest BCUT2D eigenvalue weighted by atomic mass is 10.0. The fraction of sp³-hybridized carbons (Fsp3) is 0.588. The first-order valence-corrected chi connectivity index (χ1v) is 17.7. The normalized spacial score (nSPS) is 20.6.